The van der Waals surface area contributed by atoms with Gasteiger partial charge in [0.2, 0.25) is 0 Å². The van der Waals surface area contributed by atoms with Crippen LogP contribution in [-0.4, -0.2) is 70.7 Å². The van der Waals surface area contributed by atoms with Crippen LogP contribution in [0.2, 0.25) is 0 Å². The van der Waals surface area contributed by atoms with Crippen LogP contribution in [0.3, 0.4) is 0 Å². The molecule has 8 nitrogen and oxygen atoms in total. The van der Waals surface area contributed by atoms with E-state index < -0.39 is 15.7 Å². The molecule has 1 aliphatic rings. The molecule has 3 heterocycles. The first-order valence-electron chi connectivity index (χ1n) is 10.2. The number of hydrogen-bond donors (Lipinski definition) is 1. The van der Waals surface area contributed by atoms with Crippen molar-refractivity contribution < 1.29 is 22.8 Å². The molecule has 1 aliphatic heterocycles. The second-order valence-electron chi connectivity index (χ2n) is 8.30. The Morgan fingerprint density at radius 3 is 2.62 bits per heavy atom. The highest BCUT2D eigenvalue weighted by atomic mass is 32.2. The minimum atomic E-state index is -3.10. The fraction of sp³-hybridized carbons (Fsp3) is 0.364. The molecule has 2 aromatic heterocycles. The SMILES string of the molecule is CN(O)C(=O)c1cc2c(CN3CCC(S(C)(=O)=O)C3)cn(Cc3ccc(F)cc3)c2cn1. The third-order valence-electron chi connectivity index (χ3n) is 5.86. The van der Waals surface area contributed by atoms with Crippen molar-refractivity contribution in [2.45, 2.75) is 24.8 Å². The Morgan fingerprint density at radius 2 is 2.00 bits per heavy atom. The number of rotatable bonds is 6. The molecule has 1 amide bonds. The van der Waals surface area contributed by atoms with Crippen molar-refractivity contribution in [1.82, 2.24) is 19.5 Å². The maximum atomic E-state index is 13.3. The van der Waals surface area contributed by atoms with Gasteiger partial charge in [-0.25, -0.2) is 22.9 Å². The molecule has 0 bridgehead atoms. The molecule has 1 aromatic carbocycles. The van der Waals surface area contributed by atoms with Crippen molar-refractivity contribution in [3.8, 4) is 0 Å². The standard InChI is InChI=1S/C22H25FN4O4S/c1-25(29)22(28)20-9-19-16(12-26-8-7-18(14-26)32(2,30)31)13-27(21(19)10-24-20)11-15-3-5-17(23)6-4-15/h3-6,9-10,13,18,29H,7-8,11-12,14H2,1-2H3. The molecule has 170 valence electrons. The molecule has 3 aromatic rings. The van der Waals surface area contributed by atoms with Gasteiger partial charge in [0.15, 0.2) is 9.84 Å². The molecule has 1 atom stereocenters. The van der Waals surface area contributed by atoms with Crippen molar-refractivity contribution in [3.63, 3.8) is 0 Å². The van der Waals surface area contributed by atoms with E-state index in [-0.39, 0.29) is 16.8 Å². The number of aromatic nitrogens is 2. The number of nitrogens with zero attached hydrogens (tertiary/aromatic N) is 4. The van der Waals surface area contributed by atoms with Crippen molar-refractivity contribution in [2.24, 2.45) is 0 Å². The Hall–Kier alpha value is -2.82. The van der Waals surface area contributed by atoms with E-state index in [1.807, 2.05) is 10.8 Å². The highest BCUT2D eigenvalue weighted by molar-refractivity contribution is 7.91. The largest absolute Gasteiger partial charge is 0.341 e. The smallest absolute Gasteiger partial charge is 0.295 e. The van der Waals surface area contributed by atoms with Crippen molar-refractivity contribution in [1.29, 1.82) is 0 Å². The Bertz CT molecular complexity index is 1250. The molecule has 0 saturated carbocycles. The van der Waals surface area contributed by atoms with Crippen LogP contribution in [0.25, 0.3) is 10.9 Å². The van der Waals surface area contributed by atoms with Crippen molar-refractivity contribution >= 4 is 26.6 Å². The Balaban J connectivity index is 1.70. The van der Waals surface area contributed by atoms with E-state index in [2.05, 4.69) is 9.88 Å². The van der Waals surface area contributed by atoms with Crippen LogP contribution < -0.4 is 0 Å². The number of halogens is 1. The molecule has 1 saturated heterocycles. The second-order valence-corrected chi connectivity index (χ2v) is 10.6. The monoisotopic (exact) mass is 460 g/mol. The zero-order valence-electron chi connectivity index (χ0n) is 17.9. The van der Waals surface area contributed by atoms with Crippen LogP contribution in [0.1, 0.15) is 28.0 Å². The van der Waals surface area contributed by atoms with Crippen LogP contribution >= 0.6 is 0 Å². The van der Waals surface area contributed by atoms with E-state index in [1.165, 1.54) is 25.4 Å². The Labute approximate surface area is 185 Å². The van der Waals surface area contributed by atoms with Gasteiger partial charge < -0.3 is 4.57 Å². The summed E-state index contributed by atoms with van der Waals surface area (Å²) < 4.78 is 39.1. The first-order valence-corrected chi connectivity index (χ1v) is 12.2. The lowest BCUT2D eigenvalue weighted by Crippen LogP contribution is -2.26. The summed E-state index contributed by atoms with van der Waals surface area (Å²) in [6, 6.07) is 7.88. The average molecular weight is 461 g/mol. The number of hydroxylamine groups is 2. The molecule has 0 radical (unpaired) electrons. The van der Waals surface area contributed by atoms with Gasteiger partial charge in [-0.1, -0.05) is 12.1 Å². The summed E-state index contributed by atoms with van der Waals surface area (Å²) >= 11 is 0. The van der Waals surface area contributed by atoms with Gasteiger partial charge in [-0.15, -0.1) is 0 Å². The lowest BCUT2D eigenvalue weighted by molar-refractivity contribution is -0.0379. The zero-order chi connectivity index (χ0) is 23.0. The molecule has 0 aliphatic carbocycles. The number of likely N-dealkylation sites (tertiary alicyclic amines) is 1. The predicted octanol–water partition coefficient (Wildman–Crippen LogP) is 2.30. The van der Waals surface area contributed by atoms with Crippen LogP contribution in [0.15, 0.2) is 42.7 Å². The van der Waals surface area contributed by atoms with Gasteiger partial charge in [-0.05, 0) is 42.3 Å². The number of carbonyl (C=O) groups excluding carboxylic acids is 1. The maximum Gasteiger partial charge on any atom is 0.295 e. The van der Waals surface area contributed by atoms with Crippen LogP contribution in [0.4, 0.5) is 4.39 Å². The van der Waals surface area contributed by atoms with Gasteiger partial charge in [-0.3, -0.25) is 14.9 Å². The predicted molar refractivity (Wildman–Crippen MR) is 118 cm³/mol. The minimum Gasteiger partial charge on any atom is -0.341 e. The van der Waals surface area contributed by atoms with Gasteiger partial charge in [-0.2, -0.15) is 0 Å². The summed E-state index contributed by atoms with van der Waals surface area (Å²) in [5.74, 6) is -0.929. The summed E-state index contributed by atoms with van der Waals surface area (Å²) in [4.78, 5) is 18.5. The zero-order valence-corrected chi connectivity index (χ0v) is 18.7. The van der Waals surface area contributed by atoms with E-state index in [4.69, 9.17) is 0 Å². The lowest BCUT2D eigenvalue weighted by Gasteiger charge is -2.15. The maximum absolute atomic E-state index is 13.3. The Morgan fingerprint density at radius 1 is 1.28 bits per heavy atom. The van der Waals surface area contributed by atoms with Gasteiger partial charge in [0.25, 0.3) is 5.91 Å². The molecule has 10 heteroatoms. The summed E-state index contributed by atoms with van der Waals surface area (Å²) in [5, 5.41) is 10.4. The van der Waals surface area contributed by atoms with Crippen LogP contribution in [0, 0.1) is 5.82 Å². The van der Waals surface area contributed by atoms with Crippen LogP contribution in [0.5, 0.6) is 0 Å². The summed E-state index contributed by atoms with van der Waals surface area (Å²) in [6.45, 7) is 2.13. The molecule has 1 unspecified atom stereocenters. The van der Waals surface area contributed by atoms with Crippen molar-refractivity contribution in [3.05, 3.63) is 65.4 Å². The summed E-state index contributed by atoms with van der Waals surface area (Å²) in [6.07, 6.45) is 5.40. The van der Waals surface area contributed by atoms with Crippen molar-refractivity contribution in [2.75, 3.05) is 26.4 Å². The number of fused-ring (bicyclic) bond motifs is 1. The highest BCUT2D eigenvalue weighted by Gasteiger charge is 2.30. The summed E-state index contributed by atoms with van der Waals surface area (Å²) in [7, 11) is -1.86. The third kappa shape index (κ3) is 4.67. The number of carbonyl (C=O) groups is 1. The fourth-order valence-corrected chi connectivity index (χ4v) is 5.13. The van der Waals surface area contributed by atoms with Gasteiger partial charge in [0, 0.05) is 44.5 Å². The van der Waals surface area contributed by atoms with E-state index in [0.29, 0.717) is 37.7 Å². The number of pyridine rings is 1. The molecule has 0 spiro atoms. The van der Waals surface area contributed by atoms with E-state index in [9.17, 15) is 22.8 Å². The lowest BCUT2D eigenvalue weighted by atomic mass is 10.1. The van der Waals surface area contributed by atoms with Gasteiger partial charge in [0.1, 0.15) is 11.5 Å². The molecular weight excluding hydrogens is 435 g/mol. The number of hydrogen-bond acceptors (Lipinski definition) is 6. The molecular formula is C22H25FN4O4S. The average Bonchev–Trinajstić information content (AvgIpc) is 3.34. The summed E-state index contributed by atoms with van der Waals surface area (Å²) in [5.41, 5.74) is 2.73. The third-order valence-corrected chi connectivity index (χ3v) is 7.45. The first-order chi connectivity index (χ1) is 15.1. The van der Waals surface area contributed by atoms with Crippen LogP contribution in [-0.2, 0) is 22.9 Å². The second kappa shape index (κ2) is 8.61. The molecule has 1 N–H and O–H groups in total. The highest BCUT2D eigenvalue weighted by Crippen LogP contribution is 2.27. The first kappa shape index (κ1) is 22.4. The van der Waals surface area contributed by atoms with Gasteiger partial charge in [0.05, 0.1) is 17.0 Å². The fourth-order valence-electron chi connectivity index (χ4n) is 4.12. The van der Waals surface area contributed by atoms with E-state index in [1.54, 1.807) is 24.4 Å². The normalized spacial score (nSPS) is 17.2. The molecule has 1 fully saturated rings. The minimum absolute atomic E-state index is 0.110. The number of amides is 1. The molecule has 32 heavy (non-hydrogen) atoms. The topological polar surface area (TPSA) is 95.7 Å². The number of benzene rings is 1. The Kier molecular flexibility index (Phi) is 6.02. The van der Waals surface area contributed by atoms with Gasteiger partial charge >= 0.3 is 0 Å². The van der Waals surface area contributed by atoms with E-state index >= 15 is 0 Å². The van der Waals surface area contributed by atoms with E-state index in [0.717, 1.165) is 22.0 Å². The molecule has 4 rings (SSSR count). The quantitative estimate of drug-likeness (QED) is 0.448. The number of sulfone groups is 1.